The molecule has 0 bridgehead atoms. The van der Waals surface area contributed by atoms with Gasteiger partial charge < -0.3 is 0 Å². The van der Waals surface area contributed by atoms with Crippen molar-refractivity contribution < 1.29 is 0 Å². The smallest absolute Gasteiger partial charge is 0.0184 e. The first-order valence-corrected chi connectivity index (χ1v) is 5.32. The van der Waals surface area contributed by atoms with Crippen molar-refractivity contribution in [1.82, 2.24) is 0 Å². The molecular formula is C13H18. The molecule has 0 spiro atoms. The van der Waals surface area contributed by atoms with Gasteiger partial charge in [-0.1, -0.05) is 39.0 Å². The summed E-state index contributed by atoms with van der Waals surface area (Å²) in [5.74, 6) is 1.47. The molecule has 0 fully saturated rings. The van der Waals surface area contributed by atoms with Crippen molar-refractivity contribution in [3.8, 4) is 0 Å². The normalized spacial score (nSPS) is 20.8. The molecule has 0 nitrogen and oxygen atoms in total. The number of hydrogen-bond donors (Lipinski definition) is 0. The Morgan fingerprint density at radius 3 is 2.77 bits per heavy atom. The average molecular weight is 174 g/mol. The zero-order valence-corrected chi connectivity index (χ0v) is 8.80. The van der Waals surface area contributed by atoms with Crippen molar-refractivity contribution in [2.75, 3.05) is 0 Å². The molecule has 13 heavy (non-hydrogen) atoms. The minimum atomic E-state index is 0.681. The van der Waals surface area contributed by atoms with Gasteiger partial charge in [0.05, 0.1) is 0 Å². The van der Waals surface area contributed by atoms with Crippen LogP contribution in [-0.4, -0.2) is 0 Å². The number of fused-ring (bicyclic) bond motifs is 1. The molecule has 1 aromatic rings. The second-order valence-corrected chi connectivity index (χ2v) is 4.51. The highest BCUT2D eigenvalue weighted by Gasteiger charge is 2.21. The summed E-state index contributed by atoms with van der Waals surface area (Å²) in [6.45, 7) is 6.92. The second-order valence-electron chi connectivity index (χ2n) is 4.51. The minimum Gasteiger partial charge on any atom is -0.0617 e. The molecule has 0 aromatic heterocycles. The van der Waals surface area contributed by atoms with E-state index in [1.165, 1.54) is 12.8 Å². The molecule has 2 rings (SSSR count). The van der Waals surface area contributed by atoms with Gasteiger partial charge in [-0.2, -0.15) is 0 Å². The first-order valence-electron chi connectivity index (χ1n) is 5.32. The summed E-state index contributed by atoms with van der Waals surface area (Å²) in [5, 5.41) is 0. The van der Waals surface area contributed by atoms with E-state index in [9.17, 15) is 0 Å². The molecule has 0 amide bonds. The standard InChI is InChI=1S/C13H18/c1-9(2)11-5-4-6-12-10(3)7-8-13(11)12/h4-6,9-10H,7-8H2,1-3H3. The fraction of sp³-hybridized carbons (Fsp3) is 0.538. The molecule has 0 N–H and O–H groups in total. The summed E-state index contributed by atoms with van der Waals surface area (Å²) >= 11 is 0. The van der Waals surface area contributed by atoms with E-state index >= 15 is 0 Å². The molecule has 0 saturated carbocycles. The summed E-state index contributed by atoms with van der Waals surface area (Å²) in [7, 11) is 0. The third-order valence-electron chi connectivity index (χ3n) is 3.23. The van der Waals surface area contributed by atoms with Gasteiger partial charge in [0.2, 0.25) is 0 Å². The van der Waals surface area contributed by atoms with E-state index in [4.69, 9.17) is 0 Å². The molecule has 1 aromatic carbocycles. The third-order valence-corrected chi connectivity index (χ3v) is 3.23. The highest BCUT2D eigenvalue weighted by atomic mass is 14.3. The zero-order valence-electron chi connectivity index (χ0n) is 8.80. The van der Waals surface area contributed by atoms with E-state index in [1.54, 1.807) is 16.7 Å². The van der Waals surface area contributed by atoms with Crippen molar-refractivity contribution in [1.29, 1.82) is 0 Å². The predicted octanol–water partition coefficient (Wildman–Crippen LogP) is 3.86. The van der Waals surface area contributed by atoms with Crippen LogP contribution in [0.5, 0.6) is 0 Å². The Labute approximate surface area is 81.0 Å². The Bertz CT molecular complexity index is 310. The van der Waals surface area contributed by atoms with Crippen LogP contribution in [0, 0.1) is 0 Å². The lowest BCUT2D eigenvalue weighted by Crippen LogP contribution is -1.95. The molecule has 1 aliphatic carbocycles. The zero-order chi connectivity index (χ0) is 9.42. The number of rotatable bonds is 1. The van der Waals surface area contributed by atoms with E-state index in [0.717, 1.165) is 5.92 Å². The molecule has 0 radical (unpaired) electrons. The summed E-state index contributed by atoms with van der Waals surface area (Å²) in [6.07, 6.45) is 2.64. The van der Waals surface area contributed by atoms with Gasteiger partial charge in [-0.3, -0.25) is 0 Å². The second kappa shape index (κ2) is 3.17. The highest BCUT2D eigenvalue weighted by Crippen LogP contribution is 2.36. The van der Waals surface area contributed by atoms with Crippen LogP contribution >= 0.6 is 0 Å². The molecule has 1 atom stereocenters. The van der Waals surface area contributed by atoms with E-state index in [-0.39, 0.29) is 0 Å². The van der Waals surface area contributed by atoms with Crippen molar-refractivity contribution in [2.45, 2.75) is 45.4 Å². The largest absolute Gasteiger partial charge is 0.0617 e. The molecule has 0 aliphatic heterocycles. The topological polar surface area (TPSA) is 0 Å². The summed E-state index contributed by atoms with van der Waals surface area (Å²) in [6, 6.07) is 6.82. The highest BCUT2D eigenvalue weighted by molar-refractivity contribution is 5.42. The van der Waals surface area contributed by atoms with Gasteiger partial charge in [-0.05, 0) is 41.4 Å². The predicted molar refractivity (Wildman–Crippen MR) is 57.3 cm³/mol. The lowest BCUT2D eigenvalue weighted by Gasteiger charge is -2.12. The molecule has 1 aliphatic rings. The Morgan fingerprint density at radius 1 is 1.31 bits per heavy atom. The molecule has 0 heteroatoms. The summed E-state index contributed by atoms with van der Waals surface area (Å²) in [5.41, 5.74) is 4.82. The average Bonchev–Trinajstić information content (AvgIpc) is 2.48. The first-order chi connectivity index (χ1) is 6.20. The van der Waals surface area contributed by atoms with Crippen molar-refractivity contribution >= 4 is 0 Å². The van der Waals surface area contributed by atoms with Crippen molar-refractivity contribution in [3.63, 3.8) is 0 Å². The summed E-state index contributed by atoms with van der Waals surface area (Å²) < 4.78 is 0. The summed E-state index contributed by atoms with van der Waals surface area (Å²) in [4.78, 5) is 0. The van der Waals surface area contributed by atoms with Gasteiger partial charge in [-0.25, -0.2) is 0 Å². The van der Waals surface area contributed by atoms with Crippen LogP contribution < -0.4 is 0 Å². The van der Waals surface area contributed by atoms with Crippen LogP contribution in [0.15, 0.2) is 18.2 Å². The SMILES string of the molecule is CC(C)c1cccc2c1CCC2C. The van der Waals surface area contributed by atoms with Gasteiger partial charge >= 0.3 is 0 Å². The lowest BCUT2D eigenvalue weighted by molar-refractivity contribution is 0.745. The number of hydrogen-bond acceptors (Lipinski definition) is 0. The van der Waals surface area contributed by atoms with Crippen LogP contribution in [0.1, 0.15) is 55.7 Å². The van der Waals surface area contributed by atoms with E-state index in [0.29, 0.717) is 5.92 Å². The monoisotopic (exact) mass is 174 g/mol. The van der Waals surface area contributed by atoms with Crippen molar-refractivity contribution in [3.05, 3.63) is 34.9 Å². The Kier molecular flexibility index (Phi) is 2.15. The van der Waals surface area contributed by atoms with Crippen LogP contribution in [0.4, 0.5) is 0 Å². The van der Waals surface area contributed by atoms with Crippen LogP contribution in [-0.2, 0) is 6.42 Å². The van der Waals surface area contributed by atoms with Crippen LogP contribution in [0.25, 0.3) is 0 Å². The molecule has 0 heterocycles. The first kappa shape index (κ1) is 8.80. The fourth-order valence-electron chi connectivity index (χ4n) is 2.43. The number of benzene rings is 1. The van der Waals surface area contributed by atoms with E-state index in [2.05, 4.69) is 39.0 Å². The van der Waals surface area contributed by atoms with Gasteiger partial charge in [0.1, 0.15) is 0 Å². The van der Waals surface area contributed by atoms with E-state index < -0.39 is 0 Å². The molecule has 0 saturated heterocycles. The Hall–Kier alpha value is -0.780. The third kappa shape index (κ3) is 1.39. The molecular weight excluding hydrogens is 156 g/mol. The maximum atomic E-state index is 2.34. The van der Waals surface area contributed by atoms with Crippen LogP contribution in [0.3, 0.4) is 0 Å². The Balaban J connectivity index is 2.51. The quantitative estimate of drug-likeness (QED) is 0.606. The van der Waals surface area contributed by atoms with Gasteiger partial charge in [0.25, 0.3) is 0 Å². The molecule has 70 valence electrons. The lowest BCUT2D eigenvalue weighted by atomic mass is 9.93. The van der Waals surface area contributed by atoms with Gasteiger partial charge in [-0.15, -0.1) is 0 Å². The van der Waals surface area contributed by atoms with Crippen LogP contribution in [0.2, 0.25) is 0 Å². The van der Waals surface area contributed by atoms with Gasteiger partial charge in [0, 0.05) is 0 Å². The van der Waals surface area contributed by atoms with E-state index in [1.807, 2.05) is 0 Å². The van der Waals surface area contributed by atoms with Gasteiger partial charge in [0.15, 0.2) is 0 Å². The fourth-order valence-corrected chi connectivity index (χ4v) is 2.43. The van der Waals surface area contributed by atoms with Crippen molar-refractivity contribution in [2.24, 2.45) is 0 Å². The maximum Gasteiger partial charge on any atom is -0.0184 e. The maximum absolute atomic E-state index is 2.34. The molecule has 1 unspecified atom stereocenters. The Morgan fingerprint density at radius 2 is 2.08 bits per heavy atom. The minimum absolute atomic E-state index is 0.681.